The minimum Gasteiger partial charge on any atom is -0.481 e. The van der Waals surface area contributed by atoms with E-state index in [-0.39, 0.29) is 12.4 Å². The van der Waals surface area contributed by atoms with Crippen molar-refractivity contribution in [2.75, 3.05) is 0 Å². The summed E-state index contributed by atoms with van der Waals surface area (Å²) in [6.45, 7) is 3.30. The topological polar surface area (TPSA) is 98.3 Å². The third kappa shape index (κ3) is 2.52. The van der Waals surface area contributed by atoms with E-state index in [9.17, 15) is 14.9 Å². The van der Waals surface area contributed by atoms with E-state index in [0.717, 1.165) is 0 Å². The summed E-state index contributed by atoms with van der Waals surface area (Å²) in [7, 11) is 0. The van der Waals surface area contributed by atoms with Crippen molar-refractivity contribution in [1.29, 1.82) is 0 Å². The van der Waals surface area contributed by atoms with Gasteiger partial charge in [-0.05, 0) is 11.8 Å². The van der Waals surface area contributed by atoms with Crippen molar-refractivity contribution in [1.82, 2.24) is 9.78 Å². The van der Waals surface area contributed by atoms with Crippen LogP contribution in [0.25, 0.3) is 0 Å². The van der Waals surface area contributed by atoms with Crippen LogP contribution in [0.4, 0.5) is 5.82 Å². The summed E-state index contributed by atoms with van der Waals surface area (Å²) in [6.07, 6.45) is 0. The molecule has 7 nitrogen and oxygen atoms in total. The smallest absolute Gasteiger partial charge is 0.390 e. The molecule has 82 valence electrons. The molecule has 15 heavy (non-hydrogen) atoms. The molecule has 0 aliphatic carbocycles. The van der Waals surface area contributed by atoms with Crippen molar-refractivity contribution in [2.45, 2.75) is 20.4 Å². The first-order chi connectivity index (χ1) is 6.91. The molecule has 1 aromatic rings. The molecule has 0 saturated heterocycles. The van der Waals surface area contributed by atoms with Crippen molar-refractivity contribution < 1.29 is 14.8 Å². The number of nitro groups is 1. The summed E-state index contributed by atoms with van der Waals surface area (Å²) in [5.41, 5.74) is 0.579. The van der Waals surface area contributed by atoms with Crippen molar-refractivity contribution >= 4 is 11.8 Å². The minimum atomic E-state index is -0.951. The van der Waals surface area contributed by atoms with E-state index in [4.69, 9.17) is 5.11 Å². The standard InChI is InChI=1S/C8H11N3O4/c1-5(8(12)13)4-10-6(2)3-7(9-10)11(14)15/h3,5H,4H2,1-2H3,(H,12,13)/t5-/m0/s1. The Kier molecular flexibility index (Phi) is 3.03. The van der Waals surface area contributed by atoms with E-state index in [1.165, 1.54) is 17.7 Å². The molecule has 7 heteroatoms. The lowest BCUT2D eigenvalue weighted by molar-refractivity contribution is -0.389. The van der Waals surface area contributed by atoms with Gasteiger partial charge in [0.15, 0.2) is 0 Å². The number of aryl methyl sites for hydroxylation is 1. The lowest BCUT2D eigenvalue weighted by Gasteiger charge is -2.03. The van der Waals surface area contributed by atoms with Gasteiger partial charge in [-0.2, -0.15) is 4.68 Å². The van der Waals surface area contributed by atoms with Crippen molar-refractivity contribution in [3.63, 3.8) is 0 Å². The number of carboxylic acid groups (broad SMARTS) is 1. The summed E-state index contributed by atoms with van der Waals surface area (Å²) < 4.78 is 1.33. The number of carbonyl (C=O) groups is 1. The summed E-state index contributed by atoms with van der Waals surface area (Å²) >= 11 is 0. The molecule has 0 bridgehead atoms. The van der Waals surface area contributed by atoms with Crippen LogP contribution in [-0.4, -0.2) is 25.8 Å². The van der Waals surface area contributed by atoms with Crippen LogP contribution in [0.2, 0.25) is 0 Å². The lowest BCUT2D eigenvalue weighted by Crippen LogP contribution is -2.18. The van der Waals surface area contributed by atoms with Crippen molar-refractivity contribution in [3.8, 4) is 0 Å². The molecule has 1 atom stereocenters. The van der Waals surface area contributed by atoms with Crippen molar-refractivity contribution in [2.24, 2.45) is 5.92 Å². The van der Waals surface area contributed by atoms with Crippen LogP contribution in [0.1, 0.15) is 12.6 Å². The molecule has 0 unspecified atom stereocenters. The fourth-order valence-corrected chi connectivity index (χ4v) is 1.10. The number of nitrogens with zero attached hydrogens (tertiary/aromatic N) is 3. The van der Waals surface area contributed by atoms with Crippen LogP contribution >= 0.6 is 0 Å². The van der Waals surface area contributed by atoms with Crippen LogP contribution < -0.4 is 0 Å². The normalized spacial score (nSPS) is 12.4. The maximum Gasteiger partial charge on any atom is 0.390 e. The van der Waals surface area contributed by atoms with Gasteiger partial charge in [-0.25, -0.2) is 0 Å². The molecule has 0 radical (unpaired) electrons. The Labute approximate surface area is 85.5 Å². The molecular weight excluding hydrogens is 202 g/mol. The molecule has 1 rings (SSSR count). The Balaban J connectivity index is 2.86. The molecule has 1 aromatic heterocycles. The number of aromatic nitrogens is 2. The Hall–Kier alpha value is -1.92. The third-order valence-corrected chi connectivity index (χ3v) is 2.02. The summed E-state index contributed by atoms with van der Waals surface area (Å²) in [4.78, 5) is 20.4. The summed E-state index contributed by atoms with van der Waals surface area (Å²) in [5.74, 6) is -1.83. The highest BCUT2D eigenvalue weighted by atomic mass is 16.6. The Morgan fingerprint density at radius 1 is 1.80 bits per heavy atom. The largest absolute Gasteiger partial charge is 0.481 e. The molecule has 1 heterocycles. The first-order valence-electron chi connectivity index (χ1n) is 4.33. The lowest BCUT2D eigenvalue weighted by atomic mass is 10.2. The van der Waals surface area contributed by atoms with Gasteiger partial charge in [-0.15, -0.1) is 0 Å². The van der Waals surface area contributed by atoms with Gasteiger partial charge in [0.2, 0.25) is 0 Å². The van der Waals surface area contributed by atoms with Crippen molar-refractivity contribution in [3.05, 3.63) is 21.9 Å². The summed E-state index contributed by atoms with van der Waals surface area (Å²) in [6, 6.07) is 1.31. The zero-order chi connectivity index (χ0) is 11.6. The SMILES string of the molecule is Cc1cc([N+](=O)[O-])nn1C[C@H](C)C(=O)O. The Morgan fingerprint density at radius 2 is 2.40 bits per heavy atom. The molecule has 0 aliphatic heterocycles. The monoisotopic (exact) mass is 213 g/mol. The minimum absolute atomic E-state index is 0.134. The quantitative estimate of drug-likeness (QED) is 0.589. The summed E-state index contributed by atoms with van der Waals surface area (Å²) in [5, 5.41) is 22.8. The highest BCUT2D eigenvalue weighted by molar-refractivity contribution is 5.69. The average molecular weight is 213 g/mol. The number of aliphatic carboxylic acids is 1. The van der Waals surface area contributed by atoms with E-state index in [1.807, 2.05) is 0 Å². The first kappa shape index (κ1) is 11.2. The maximum atomic E-state index is 10.6. The molecule has 0 amide bonds. The predicted octanol–water partition coefficient (Wildman–Crippen LogP) is 0.820. The molecular formula is C8H11N3O4. The van der Waals surface area contributed by atoms with E-state index in [0.29, 0.717) is 5.69 Å². The van der Waals surface area contributed by atoms with Gasteiger partial charge in [0.1, 0.15) is 0 Å². The average Bonchev–Trinajstić information content (AvgIpc) is 2.47. The van der Waals surface area contributed by atoms with E-state index < -0.39 is 16.8 Å². The highest BCUT2D eigenvalue weighted by Crippen LogP contribution is 2.12. The third-order valence-electron chi connectivity index (χ3n) is 2.02. The molecule has 0 aliphatic rings. The van der Waals surface area contributed by atoms with E-state index in [1.54, 1.807) is 6.92 Å². The second-order valence-electron chi connectivity index (χ2n) is 3.32. The molecule has 0 spiro atoms. The van der Waals surface area contributed by atoms with Crippen LogP contribution in [0.15, 0.2) is 6.07 Å². The fourth-order valence-electron chi connectivity index (χ4n) is 1.10. The van der Waals surface area contributed by atoms with Crippen LogP contribution in [0.5, 0.6) is 0 Å². The van der Waals surface area contributed by atoms with Gasteiger partial charge < -0.3 is 15.2 Å². The van der Waals surface area contributed by atoms with Gasteiger partial charge >= 0.3 is 11.8 Å². The van der Waals surface area contributed by atoms with Crippen LogP contribution in [0, 0.1) is 23.0 Å². The molecule has 0 saturated carbocycles. The van der Waals surface area contributed by atoms with Gasteiger partial charge in [-0.1, -0.05) is 6.92 Å². The first-order valence-corrected chi connectivity index (χ1v) is 4.33. The Morgan fingerprint density at radius 3 is 2.80 bits per heavy atom. The zero-order valence-electron chi connectivity index (χ0n) is 8.38. The van der Waals surface area contributed by atoms with Crippen LogP contribution in [0.3, 0.4) is 0 Å². The fraction of sp³-hybridized carbons (Fsp3) is 0.500. The van der Waals surface area contributed by atoms with E-state index >= 15 is 0 Å². The van der Waals surface area contributed by atoms with Crippen LogP contribution in [-0.2, 0) is 11.3 Å². The Bertz CT molecular complexity index is 399. The molecule has 1 N–H and O–H groups in total. The predicted molar refractivity (Wildman–Crippen MR) is 50.4 cm³/mol. The molecule has 0 aromatic carbocycles. The number of hydrogen-bond donors (Lipinski definition) is 1. The van der Waals surface area contributed by atoms with E-state index in [2.05, 4.69) is 5.10 Å². The second-order valence-corrected chi connectivity index (χ2v) is 3.32. The van der Waals surface area contributed by atoms with Gasteiger partial charge in [0, 0.05) is 0 Å². The maximum absolute atomic E-state index is 10.6. The van der Waals surface area contributed by atoms with Gasteiger partial charge in [-0.3, -0.25) is 4.79 Å². The van der Waals surface area contributed by atoms with Gasteiger partial charge in [0.25, 0.3) is 0 Å². The zero-order valence-corrected chi connectivity index (χ0v) is 8.38. The number of carboxylic acids is 1. The molecule has 0 fully saturated rings. The second kappa shape index (κ2) is 4.07. The number of hydrogen-bond acceptors (Lipinski definition) is 4. The number of rotatable bonds is 4. The van der Waals surface area contributed by atoms with Gasteiger partial charge in [0.05, 0.1) is 29.3 Å². The highest BCUT2D eigenvalue weighted by Gasteiger charge is 2.19.